The van der Waals surface area contributed by atoms with Gasteiger partial charge in [-0.25, -0.2) is 8.42 Å². The molecule has 0 bridgehead atoms. The van der Waals surface area contributed by atoms with Crippen LogP contribution in [0.5, 0.6) is 0 Å². The molecule has 0 spiro atoms. The molecular formula is C21H25NO4S. The van der Waals surface area contributed by atoms with E-state index in [-0.39, 0.29) is 23.8 Å². The van der Waals surface area contributed by atoms with E-state index >= 15 is 0 Å². The second kappa shape index (κ2) is 8.23. The summed E-state index contributed by atoms with van der Waals surface area (Å²) >= 11 is 0. The van der Waals surface area contributed by atoms with E-state index in [0.29, 0.717) is 28.9 Å². The van der Waals surface area contributed by atoms with Crippen molar-refractivity contribution in [3.63, 3.8) is 0 Å². The molecule has 0 atom stereocenters. The Kier molecular flexibility index (Phi) is 5.97. The first kappa shape index (κ1) is 19.6. The first-order chi connectivity index (χ1) is 12.8. The molecule has 2 N–H and O–H groups in total. The highest BCUT2D eigenvalue weighted by Gasteiger charge is 2.21. The predicted molar refractivity (Wildman–Crippen MR) is 104 cm³/mol. The zero-order valence-corrected chi connectivity index (χ0v) is 16.2. The molecule has 0 radical (unpaired) electrons. The molecule has 2 aromatic carbocycles. The molecule has 5 nitrogen and oxygen atoms in total. The number of aliphatic hydroxyl groups is 1. The van der Waals surface area contributed by atoms with Gasteiger partial charge in [-0.05, 0) is 62.4 Å². The van der Waals surface area contributed by atoms with Crippen molar-refractivity contribution < 1.29 is 18.3 Å². The fraction of sp³-hybridized carbons (Fsp3) is 0.381. The van der Waals surface area contributed by atoms with Crippen LogP contribution in [0.15, 0.2) is 53.4 Å². The number of rotatable bonds is 5. The van der Waals surface area contributed by atoms with Crippen LogP contribution in [0.1, 0.15) is 47.2 Å². The van der Waals surface area contributed by atoms with Crippen molar-refractivity contribution in [2.75, 3.05) is 0 Å². The van der Waals surface area contributed by atoms with Gasteiger partial charge in [-0.2, -0.15) is 0 Å². The fourth-order valence-electron chi connectivity index (χ4n) is 3.29. The Morgan fingerprint density at radius 3 is 2.19 bits per heavy atom. The van der Waals surface area contributed by atoms with Crippen LogP contribution in [-0.4, -0.2) is 31.6 Å². The zero-order chi connectivity index (χ0) is 19.4. The van der Waals surface area contributed by atoms with Gasteiger partial charge in [-0.1, -0.05) is 29.8 Å². The van der Waals surface area contributed by atoms with E-state index in [1.165, 1.54) is 0 Å². The Balaban J connectivity index is 1.63. The number of carbonyl (C=O) groups excluding carboxylic acids is 1. The smallest absolute Gasteiger partial charge is 0.251 e. The lowest BCUT2D eigenvalue weighted by Crippen LogP contribution is -2.38. The number of amides is 1. The van der Waals surface area contributed by atoms with Crippen LogP contribution in [0.2, 0.25) is 0 Å². The lowest BCUT2D eigenvalue weighted by atomic mass is 9.93. The summed E-state index contributed by atoms with van der Waals surface area (Å²) in [6, 6.07) is 13.6. The van der Waals surface area contributed by atoms with Gasteiger partial charge in [0.05, 0.1) is 16.8 Å². The predicted octanol–water partition coefficient (Wildman–Crippen LogP) is 3.00. The first-order valence-electron chi connectivity index (χ1n) is 9.21. The van der Waals surface area contributed by atoms with Gasteiger partial charge in [0.15, 0.2) is 9.84 Å². The Morgan fingerprint density at radius 1 is 1.00 bits per heavy atom. The highest BCUT2D eigenvalue weighted by atomic mass is 32.2. The third kappa shape index (κ3) is 5.17. The van der Waals surface area contributed by atoms with Crippen LogP contribution in [0, 0.1) is 6.92 Å². The van der Waals surface area contributed by atoms with E-state index in [0.717, 1.165) is 18.4 Å². The topological polar surface area (TPSA) is 83.5 Å². The maximum atomic E-state index is 12.5. The average molecular weight is 388 g/mol. The summed E-state index contributed by atoms with van der Waals surface area (Å²) in [5, 5.41) is 12.5. The van der Waals surface area contributed by atoms with E-state index in [9.17, 15) is 18.3 Å². The Bertz CT molecular complexity index is 881. The summed E-state index contributed by atoms with van der Waals surface area (Å²) in [5.74, 6) is -0.261. The number of benzene rings is 2. The molecule has 0 aromatic heterocycles. The molecule has 1 aliphatic carbocycles. The minimum atomic E-state index is -3.42. The molecule has 27 heavy (non-hydrogen) atoms. The van der Waals surface area contributed by atoms with Crippen molar-refractivity contribution in [1.82, 2.24) is 5.32 Å². The summed E-state index contributed by atoms with van der Waals surface area (Å²) in [7, 11) is -3.42. The van der Waals surface area contributed by atoms with Gasteiger partial charge in [0.2, 0.25) is 0 Å². The van der Waals surface area contributed by atoms with Crippen LogP contribution in [-0.2, 0) is 15.6 Å². The first-order valence-corrected chi connectivity index (χ1v) is 10.9. The van der Waals surface area contributed by atoms with Crippen LogP contribution < -0.4 is 5.32 Å². The molecule has 0 aliphatic heterocycles. The van der Waals surface area contributed by atoms with Gasteiger partial charge in [0, 0.05) is 11.6 Å². The van der Waals surface area contributed by atoms with E-state index < -0.39 is 9.84 Å². The van der Waals surface area contributed by atoms with E-state index in [1.54, 1.807) is 48.5 Å². The average Bonchev–Trinajstić information content (AvgIpc) is 2.64. The number of aliphatic hydroxyl groups excluding tert-OH is 1. The zero-order valence-electron chi connectivity index (χ0n) is 15.4. The number of nitrogens with one attached hydrogen (secondary N) is 1. The van der Waals surface area contributed by atoms with Gasteiger partial charge < -0.3 is 10.4 Å². The number of hydrogen-bond donors (Lipinski definition) is 2. The van der Waals surface area contributed by atoms with Crippen LogP contribution >= 0.6 is 0 Å². The Morgan fingerprint density at radius 2 is 1.59 bits per heavy atom. The lowest BCUT2D eigenvalue weighted by Gasteiger charge is -2.26. The van der Waals surface area contributed by atoms with Gasteiger partial charge in [-0.15, -0.1) is 0 Å². The Labute approximate surface area is 160 Å². The molecule has 6 heteroatoms. The van der Waals surface area contributed by atoms with Crippen LogP contribution in [0.4, 0.5) is 0 Å². The molecule has 3 rings (SSSR count). The highest BCUT2D eigenvalue weighted by Crippen LogP contribution is 2.20. The van der Waals surface area contributed by atoms with E-state index in [4.69, 9.17) is 0 Å². The monoisotopic (exact) mass is 387 g/mol. The fourth-order valence-corrected chi connectivity index (χ4v) is 4.64. The SMILES string of the molecule is Cc1ccc(S(=O)(=O)Cc2ccc(C(=O)NC3CCC(O)CC3)cc2)cc1. The summed E-state index contributed by atoms with van der Waals surface area (Å²) in [6.07, 6.45) is 2.72. The van der Waals surface area contributed by atoms with E-state index in [1.807, 2.05) is 6.92 Å². The lowest BCUT2D eigenvalue weighted by molar-refractivity contribution is 0.0867. The van der Waals surface area contributed by atoms with Crippen molar-refractivity contribution in [2.24, 2.45) is 0 Å². The highest BCUT2D eigenvalue weighted by molar-refractivity contribution is 7.90. The molecule has 1 fully saturated rings. The third-order valence-electron chi connectivity index (χ3n) is 4.98. The van der Waals surface area contributed by atoms with E-state index in [2.05, 4.69) is 5.32 Å². The minimum Gasteiger partial charge on any atom is -0.393 e. The molecule has 1 aliphatic rings. The van der Waals surface area contributed by atoms with Crippen LogP contribution in [0.3, 0.4) is 0 Å². The molecule has 144 valence electrons. The second-order valence-electron chi connectivity index (χ2n) is 7.25. The number of sulfone groups is 1. The van der Waals surface area contributed by atoms with Crippen molar-refractivity contribution in [2.45, 2.75) is 55.4 Å². The molecule has 0 heterocycles. The van der Waals surface area contributed by atoms with Crippen molar-refractivity contribution in [3.8, 4) is 0 Å². The number of hydrogen-bond acceptors (Lipinski definition) is 4. The largest absolute Gasteiger partial charge is 0.393 e. The van der Waals surface area contributed by atoms with Gasteiger partial charge in [-0.3, -0.25) is 4.79 Å². The van der Waals surface area contributed by atoms with Crippen molar-refractivity contribution >= 4 is 15.7 Å². The van der Waals surface area contributed by atoms with Gasteiger partial charge >= 0.3 is 0 Å². The standard InChI is InChI=1S/C21H25NO4S/c1-15-2-12-20(13-3-15)27(25,26)14-16-4-6-17(7-5-16)21(24)22-18-8-10-19(23)11-9-18/h2-7,12-13,18-19,23H,8-11,14H2,1H3,(H,22,24). The van der Waals surface area contributed by atoms with Gasteiger partial charge in [0.25, 0.3) is 5.91 Å². The van der Waals surface area contributed by atoms with Crippen molar-refractivity contribution in [1.29, 1.82) is 0 Å². The number of carbonyl (C=O) groups is 1. The number of aryl methyl sites for hydroxylation is 1. The van der Waals surface area contributed by atoms with Gasteiger partial charge in [0.1, 0.15) is 0 Å². The summed E-state index contributed by atoms with van der Waals surface area (Å²) in [4.78, 5) is 12.7. The quantitative estimate of drug-likeness (QED) is 0.826. The minimum absolute atomic E-state index is 0.0856. The summed E-state index contributed by atoms with van der Waals surface area (Å²) in [5.41, 5.74) is 2.17. The molecule has 0 unspecified atom stereocenters. The molecular weight excluding hydrogens is 362 g/mol. The summed E-state index contributed by atoms with van der Waals surface area (Å²) < 4.78 is 25.0. The second-order valence-corrected chi connectivity index (χ2v) is 9.24. The maximum Gasteiger partial charge on any atom is 0.251 e. The maximum absolute atomic E-state index is 12.5. The molecule has 0 saturated heterocycles. The Hall–Kier alpha value is -2.18. The normalized spacial score (nSPS) is 20.2. The van der Waals surface area contributed by atoms with Crippen molar-refractivity contribution in [3.05, 3.63) is 65.2 Å². The third-order valence-corrected chi connectivity index (χ3v) is 6.69. The van der Waals surface area contributed by atoms with Crippen LogP contribution in [0.25, 0.3) is 0 Å². The molecule has 1 saturated carbocycles. The molecule has 2 aromatic rings. The molecule has 1 amide bonds. The summed E-state index contributed by atoms with van der Waals surface area (Å²) in [6.45, 7) is 1.91.